The molecule has 0 aromatic carbocycles. The third kappa shape index (κ3) is 3.14. The fourth-order valence-electron chi connectivity index (χ4n) is 4.05. The second-order valence-electron chi connectivity index (χ2n) is 6.93. The molecule has 19 heavy (non-hydrogen) atoms. The van der Waals surface area contributed by atoms with Gasteiger partial charge in [0.15, 0.2) is 0 Å². The Morgan fingerprint density at radius 2 is 1.11 bits per heavy atom. The maximum absolute atomic E-state index is 6.31. The van der Waals surface area contributed by atoms with Gasteiger partial charge in [-0.1, -0.05) is 45.4 Å². The Hall–Kier alpha value is -0.120. The van der Waals surface area contributed by atoms with Gasteiger partial charge in [-0.2, -0.15) is 9.78 Å². The highest BCUT2D eigenvalue weighted by Crippen LogP contribution is 2.51. The van der Waals surface area contributed by atoms with Crippen molar-refractivity contribution in [1.82, 2.24) is 0 Å². The first-order valence-electron chi connectivity index (χ1n) is 8.29. The summed E-state index contributed by atoms with van der Waals surface area (Å²) in [5.74, 6) is -0.210. The smallest absolute Gasteiger partial charge is 0.205 e. The molecule has 2 bridgehead atoms. The molecular formula is C16H28O3. The van der Waals surface area contributed by atoms with Crippen molar-refractivity contribution < 1.29 is 14.5 Å². The molecule has 3 nitrogen and oxygen atoms in total. The van der Waals surface area contributed by atoms with Gasteiger partial charge in [0, 0.05) is 25.7 Å². The van der Waals surface area contributed by atoms with E-state index in [1.54, 1.807) is 0 Å². The maximum Gasteiger partial charge on any atom is 0.205 e. The minimum absolute atomic E-state index is 0.425. The van der Waals surface area contributed by atoms with Gasteiger partial charge in [0.05, 0.1) is 0 Å². The van der Waals surface area contributed by atoms with Crippen LogP contribution in [0.3, 0.4) is 0 Å². The van der Waals surface area contributed by atoms with E-state index >= 15 is 0 Å². The fourth-order valence-corrected chi connectivity index (χ4v) is 4.05. The molecule has 3 rings (SSSR count). The van der Waals surface area contributed by atoms with Crippen LogP contribution in [-0.2, 0) is 14.5 Å². The van der Waals surface area contributed by atoms with E-state index in [1.165, 1.54) is 51.4 Å². The molecule has 0 aromatic heterocycles. The van der Waals surface area contributed by atoms with E-state index in [0.717, 1.165) is 25.7 Å². The summed E-state index contributed by atoms with van der Waals surface area (Å²) in [6, 6.07) is 0. The summed E-state index contributed by atoms with van der Waals surface area (Å²) in [4.78, 5) is 11.4. The Morgan fingerprint density at radius 1 is 0.684 bits per heavy atom. The van der Waals surface area contributed by atoms with Crippen LogP contribution in [0.5, 0.6) is 0 Å². The molecule has 0 aromatic rings. The summed E-state index contributed by atoms with van der Waals surface area (Å²) in [6.45, 7) is 2.31. The molecule has 3 saturated heterocycles. The third-order valence-corrected chi connectivity index (χ3v) is 4.90. The van der Waals surface area contributed by atoms with Crippen molar-refractivity contribution in [3.05, 3.63) is 0 Å². The van der Waals surface area contributed by atoms with Crippen molar-refractivity contribution >= 4 is 0 Å². The molecule has 2 unspecified atom stereocenters. The van der Waals surface area contributed by atoms with Crippen molar-refractivity contribution in [2.24, 2.45) is 5.92 Å². The lowest BCUT2D eigenvalue weighted by atomic mass is 9.86. The van der Waals surface area contributed by atoms with Crippen LogP contribution >= 0.6 is 0 Å². The minimum atomic E-state index is -0.425. The van der Waals surface area contributed by atoms with Crippen LogP contribution in [0.4, 0.5) is 0 Å². The Kier molecular flexibility index (Phi) is 4.16. The molecule has 3 heterocycles. The fraction of sp³-hybridized carbons (Fsp3) is 1.00. The van der Waals surface area contributed by atoms with Gasteiger partial charge in [0.25, 0.3) is 0 Å². The van der Waals surface area contributed by atoms with Gasteiger partial charge in [0.1, 0.15) is 0 Å². The van der Waals surface area contributed by atoms with E-state index in [0.29, 0.717) is 5.92 Å². The van der Waals surface area contributed by atoms with Gasteiger partial charge < -0.3 is 4.74 Å². The predicted molar refractivity (Wildman–Crippen MR) is 73.3 cm³/mol. The topological polar surface area (TPSA) is 27.7 Å². The summed E-state index contributed by atoms with van der Waals surface area (Å²) in [5.41, 5.74) is 0. The van der Waals surface area contributed by atoms with E-state index in [1.807, 2.05) is 0 Å². The molecule has 0 spiro atoms. The van der Waals surface area contributed by atoms with Crippen LogP contribution in [-0.4, -0.2) is 11.6 Å². The molecule has 2 atom stereocenters. The molecule has 3 aliphatic rings. The van der Waals surface area contributed by atoms with Crippen molar-refractivity contribution in [2.45, 2.75) is 95.5 Å². The summed E-state index contributed by atoms with van der Waals surface area (Å²) >= 11 is 0. The molecule has 0 aliphatic carbocycles. The van der Waals surface area contributed by atoms with Gasteiger partial charge in [0.2, 0.25) is 11.6 Å². The van der Waals surface area contributed by atoms with E-state index in [4.69, 9.17) is 14.5 Å². The number of hydrogen-bond donors (Lipinski definition) is 0. The normalized spacial score (nSPS) is 45.0. The largest absolute Gasteiger partial charge is 0.312 e. The molecule has 3 aliphatic heterocycles. The highest BCUT2D eigenvalue weighted by molar-refractivity contribution is 4.89. The van der Waals surface area contributed by atoms with Gasteiger partial charge >= 0.3 is 0 Å². The second kappa shape index (κ2) is 5.71. The Balaban J connectivity index is 1.70. The Labute approximate surface area is 116 Å². The molecule has 0 N–H and O–H groups in total. The predicted octanol–water partition coefficient (Wildman–Crippen LogP) is 4.70. The van der Waals surface area contributed by atoms with Crippen molar-refractivity contribution in [3.8, 4) is 0 Å². The van der Waals surface area contributed by atoms with Crippen molar-refractivity contribution in [2.75, 3.05) is 0 Å². The van der Waals surface area contributed by atoms with Crippen molar-refractivity contribution in [1.29, 1.82) is 0 Å². The third-order valence-electron chi connectivity index (χ3n) is 4.90. The van der Waals surface area contributed by atoms with Gasteiger partial charge in [-0.25, -0.2) is 0 Å². The number of hydrogen-bond acceptors (Lipinski definition) is 3. The molecule has 0 saturated carbocycles. The first kappa shape index (κ1) is 13.8. The lowest BCUT2D eigenvalue weighted by Gasteiger charge is -2.37. The van der Waals surface area contributed by atoms with Gasteiger partial charge in [-0.05, 0) is 18.8 Å². The second-order valence-corrected chi connectivity index (χ2v) is 6.93. The van der Waals surface area contributed by atoms with E-state index < -0.39 is 11.6 Å². The SMILES string of the molecule is CC1CC23CCCCCCCCCCC(C1)(OO2)O3. The summed E-state index contributed by atoms with van der Waals surface area (Å²) in [5, 5.41) is 0. The maximum atomic E-state index is 6.31. The molecular weight excluding hydrogens is 240 g/mol. The zero-order valence-corrected chi connectivity index (χ0v) is 12.3. The summed E-state index contributed by atoms with van der Waals surface area (Å²) in [6.07, 6.45) is 14.5. The molecule has 0 amide bonds. The van der Waals surface area contributed by atoms with E-state index in [2.05, 4.69) is 6.92 Å². The zero-order chi connectivity index (χ0) is 13.2. The van der Waals surface area contributed by atoms with Gasteiger partial charge in [-0.3, -0.25) is 0 Å². The van der Waals surface area contributed by atoms with E-state index in [-0.39, 0.29) is 0 Å². The van der Waals surface area contributed by atoms with Crippen LogP contribution in [0.1, 0.15) is 84.0 Å². The highest BCUT2D eigenvalue weighted by Gasteiger charge is 2.57. The van der Waals surface area contributed by atoms with E-state index in [9.17, 15) is 0 Å². The van der Waals surface area contributed by atoms with Crippen LogP contribution in [0.25, 0.3) is 0 Å². The number of rotatable bonds is 0. The standard InChI is InChI=1S/C16H28O3/c1-14-12-15-10-8-6-4-2-3-5-7-9-11-16(13-14,17-15)19-18-15/h14H,2-13H2,1H3. The lowest BCUT2D eigenvalue weighted by Crippen LogP contribution is -2.44. The monoisotopic (exact) mass is 268 g/mol. The summed E-state index contributed by atoms with van der Waals surface area (Å²) < 4.78 is 6.31. The lowest BCUT2D eigenvalue weighted by molar-refractivity contribution is -0.346. The average Bonchev–Trinajstić information content (AvgIpc) is 2.64. The summed E-state index contributed by atoms with van der Waals surface area (Å²) in [7, 11) is 0. The Bertz CT molecular complexity index is 278. The van der Waals surface area contributed by atoms with Crippen LogP contribution in [0.2, 0.25) is 0 Å². The van der Waals surface area contributed by atoms with Gasteiger partial charge in [-0.15, -0.1) is 0 Å². The molecule has 3 heteroatoms. The molecule has 0 radical (unpaired) electrons. The first-order chi connectivity index (χ1) is 9.22. The average molecular weight is 268 g/mol. The van der Waals surface area contributed by atoms with Crippen LogP contribution in [0.15, 0.2) is 0 Å². The first-order valence-corrected chi connectivity index (χ1v) is 8.29. The van der Waals surface area contributed by atoms with Crippen molar-refractivity contribution in [3.63, 3.8) is 0 Å². The van der Waals surface area contributed by atoms with Crippen LogP contribution < -0.4 is 0 Å². The quantitative estimate of drug-likeness (QED) is 0.596. The molecule has 3 fully saturated rings. The zero-order valence-electron chi connectivity index (χ0n) is 12.3. The number of ether oxygens (including phenoxy) is 1. The minimum Gasteiger partial charge on any atom is -0.312 e. The molecule has 110 valence electrons. The van der Waals surface area contributed by atoms with Crippen LogP contribution in [0, 0.1) is 5.92 Å². The highest BCUT2D eigenvalue weighted by atomic mass is 17.3. The Morgan fingerprint density at radius 3 is 1.58 bits per heavy atom.